The van der Waals surface area contributed by atoms with Gasteiger partial charge in [0.05, 0.1) is 12.3 Å². The largest absolute Gasteiger partial charge is 0.461 e. The highest BCUT2D eigenvalue weighted by molar-refractivity contribution is 6.47. The second-order valence-electron chi connectivity index (χ2n) is 6.89. The molecular weight excluding hydrogens is 394 g/mol. The Morgan fingerprint density at radius 3 is 2.45 bits per heavy atom. The SMILES string of the molecule is CCOC(=O)C1=NN[C@]2(c3ccc(C)cc3)C(=O)N(c3ccc(Cl)cc3)C(=O)[C@@H]12. The molecule has 2 aliphatic rings. The minimum absolute atomic E-state index is 0.109. The first-order valence-corrected chi connectivity index (χ1v) is 9.51. The van der Waals surface area contributed by atoms with E-state index in [1.54, 1.807) is 43.3 Å². The van der Waals surface area contributed by atoms with Crippen molar-refractivity contribution >= 4 is 40.8 Å². The van der Waals surface area contributed by atoms with Gasteiger partial charge in [0, 0.05) is 5.02 Å². The molecule has 1 fully saturated rings. The molecule has 1 N–H and O–H groups in total. The normalized spacial score (nSPS) is 22.9. The number of aryl methyl sites for hydroxylation is 1. The van der Waals surface area contributed by atoms with E-state index in [-0.39, 0.29) is 12.3 Å². The number of ether oxygens (including phenoxy) is 1. The van der Waals surface area contributed by atoms with Gasteiger partial charge in [-0.15, -0.1) is 0 Å². The Bertz CT molecular complexity index is 1030. The van der Waals surface area contributed by atoms with Gasteiger partial charge in [-0.2, -0.15) is 5.10 Å². The number of fused-ring (bicyclic) bond motifs is 1. The molecule has 0 aliphatic carbocycles. The molecule has 2 atom stereocenters. The third-order valence-electron chi connectivity index (χ3n) is 5.14. The van der Waals surface area contributed by atoms with Gasteiger partial charge < -0.3 is 4.74 Å². The van der Waals surface area contributed by atoms with E-state index in [9.17, 15) is 14.4 Å². The van der Waals surface area contributed by atoms with Crippen molar-refractivity contribution in [3.63, 3.8) is 0 Å². The lowest BCUT2D eigenvalue weighted by atomic mass is 9.78. The summed E-state index contributed by atoms with van der Waals surface area (Å²) in [6.07, 6.45) is 0. The summed E-state index contributed by atoms with van der Waals surface area (Å²) in [7, 11) is 0. The average Bonchev–Trinajstić information content (AvgIpc) is 3.20. The number of amides is 2. The maximum atomic E-state index is 13.6. The van der Waals surface area contributed by atoms with Gasteiger partial charge in [-0.1, -0.05) is 41.4 Å². The van der Waals surface area contributed by atoms with Gasteiger partial charge in [0.1, 0.15) is 5.92 Å². The zero-order chi connectivity index (χ0) is 20.8. The zero-order valence-electron chi connectivity index (χ0n) is 15.8. The molecule has 0 saturated carbocycles. The number of hydrogen-bond donors (Lipinski definition) is 1. The average molecular weight is 412 g/mol. The van der Waals surface area contributed by atoms with Crippen molar-refractivity contribution in [1.82, 2.24) is 5.43 Å². The molecule has 8 heteroatoms. The lowest BCUT2D eigenvalue weighted by molar-refractivity contribution is -0.136. The summed E-state index contributed by atoms with van der Waals surface area (Å²) in [6, 6.07) is 13.6. The van der Waals surface area contributed by atoms with Crippen molar-refractivity contribution < 1.29 is 19.1 Å². The summed E-state index contributed by atoms with van der Waals surface area (Å²) < 4.78 is 5.07. The summed E-state index contributed by atoms with van der Waals surface area (Å²) in [6.45, 7) is 3.71. The molecule has 4 rings (SSSR count). The van der Waals surface area contributed by atoms with Gasteiger partial charge in [-0.3, -0.25) is 15.0 Å². The Kier molecular flexibility index (Phi) is 4.62. The van der Waals surface area contributed by atoms with Crippen LogP contribution in [0.3, 0.4) is 0 Å². The minimum Gasteiger partial charge on any atom is -0.461 e. The molecule has 0 unspecified atom stereocenters. The Labute approximate surface area is 172 Å². The first kappa shape index (κ1) is 19.1. The second-order valence-corrected chi connectivity index (χ2v) is 7.33. The van der Waals surface area contributed by atoms with Crippen LogP contribution in [0.5, 0.6) is 0 Å². The summed E-state index contributed by atoms with van der Waals surface area (Å²) in [5.74, 6) is -2.91. The molecule has 2 aliphatic heterocycles. The van der Waals surface area contributed by atoms with Gasteiger partial charge in [0.25, 0.3) is 5.91 Å². The Morgan fingerprint density at radius 1 is 1.17 bits per heavy atom. The molecule has 148 valence electrons. The van der Waals surface area contributed by atoms with E-state index >= 15 is 0 Å². The monoisotopic (exact) mass is 411 g/mol. The number of hydrazone groups is 1. The van der Waals surface area contributed by atoms with Crippen LogP contribution in [-0.4, -0.2) is 30.1 Å². The van der Waals surface area contributed by atoms with Crippen LogP contribution in [0.25, 0.3) is 0 Å². The van der Waals surface area contributed by atoms with Crippen LogP contribution in [0.15, 0.2) is 53.6 Å². The van der Waals surface area contributed by atoms with Crippen molar-refractivity contribution in [2.75, 3.05) is 11.5 Å². The van der Waals surface area contributed by atoms with Crippen LogP contribution >= 0.6 is 11.6 Å². The van der Waals surface area contributed by atoms with E-state index in [0.29, 0.717) is 16.3 Å². The number of carbonyl (C=O) groups excluding carboxylic acids is 3. The number of benzene rings is 2. The molecular formula is C21H18ClN3O4. The number of esters is 1. The Morgan fingerprint density at radius 2 is 1.83 bits per heavy atom. The maximum Gasteiger partial charge on any atom is 0.355 e. The van der Waals surface area contributed by atoms with Gasteiger partial charge in [-0.05, 0) is 43.7 Å². The number of halogens is 1. The molecule has 2 amide bonds. The number of nitrogens with one attached hydrogen (secondary N) is 1. The van der Waals surface area contributed by atoms with E-state index in [0.717, 1.165) is 10.5 Å². The lowest BCUT2D eigenvalue weighted by Gasteiger charge is -2.26. The van der Waals surface area contributed by atoms with Gasteiger partial charge in [0.2, 0.25) is 5.91 Å². The fourth-order valence-corrected chi connectivity index (χ4v) is 3.86. The summed E-state index contributed by atoms with van der Waals surface area (Å²) in [4.78, 5) is 40.5. The minimum atomic E-state index is -1.51. The van der Waals surface area contributed by atoms with Crippen molar-refractivity contribution in [3.8, 4) is 0 Å². The zero-order valence-corrected chi connectivity index (χ0v) is 16.6. The third kappa shape index (κ3) is 2.81. The fourth-order valence-electron chi connectivity index (χ4n) is 3.74. The molecule has 2 aromatic carbocycles. The second kappa shape index (κ2) is 7.00. The third-order valence-corrected chi connectivity index (χ3v) is 5.40. The molecule has 1 saturated heterocycles. The molecule has 2 aromatic rings. The number of hydrogen-bond acceptors (Lipinski definition) is 6. The standard InChI is InChI=1S/C21H18ClN3O4/c1-3-29-19(27)17-16-18(26)25(15-10-8-14(22)9-11-15)20(28)21(16,24-23-17)13-6-4-12(2)5-7-13/h4-11,16,24H,3H2,1-2H3/t16-,21+/m1/s1. The molecule has 0 spiro atoms. The maximum absolute atomic E-state index is 13.6. The smallest absolute Gasteiger partial charge is 0.355 e. The highest BCUT2D eigenvalue weighted by Crippen LogP contribution is 2.45. The molecule has 0 radical (unpaired) electrons. The lowest BCUT2D eigenvalue weighted by Crippen LogP contribution is -2.48. The predicted octanol–water partition coefficient (Wildman–Crippen LogP) is 2.56. The van der Waals surface area contributed by atoms with Crippen molar-refractivity contribution in [2.45, 2.75) is 19.4 Å². The van der Waals surface area contributed by atoms with Gasteiger partial charge in [0.15, 0.2) is 11.3 Å². The van der Waals surface area contributed by atoms with Gasteiger partial charge >= 0.3 is 5.97 Å². The van der Waals surface area contributed by atoms with E-state index in [1.807, 2.05) is 19.1 Å². The predicted molar refractivity (Wildman–Crippen MR) is 107 cm³/mol. The first-order valence-electron chi connectivity index (χ1n) is 9.13. The number of carbonyl (C=O) groups is 3. The Hall–Kier alpha value is -3.19. The topological polar surface area (TPSA) is 88.1 Å². The van der Waals surface area contributed by atoms with Crippen LogP contribution in [0.2, 0.25) is 5.02 Å². The molecule has 2 heterocycles. The van der Waals surface area contributed by atoms with E-state index < -0.39 is 29.2 Å². The van der Waals surface area contributed by atoms with Crippen LogP contribution in [0, 0.1) is 12.8 Å². The highest BCUT2D eigenvalue weighted by atomic mass is 35.5. The number of rotatable bonds is 4. The molecule has 0 bridgehead atoms. The van der Waals surface area contributed by atoms with Crippen LogP contribution in [-0.2, 0) is 24.7 Å². The van der Waals surface area contributed by atoms with Crippen molar-refractivity contribution in [2.24, 2.45) is 11.0 Å². The van der Waals surface area contributed by atoms with Crippen LogP contribution < -0.4 is 10.3 Å². The summed E-state index contributed by atoms with van der Waals surface area (Å²) >= 11 is 5.94. The number of anilines is 1. The molecule has 7 nitrogen and oxygen atoms in total. The van der Waals surface area contributed by atoms with E-state index in [2.05, 4.69) is 10.5 Å². The highest BCUT2D eigenvalue weighted by Gasteiger charge is 2.67. The summed E-state index contributed by atoms with van der Waals surface area (Å²) in [5, 5.41) is 4.54. The van der Waals surface area contributed by atoms with Gasteiger partial charge in [-0.25, -0.2) is 9.69 Å². The van der Waals surface area contributed by atoms with E-state index in [1.165, 1.54) is 0 Å². The van der Waals surface area contributed by atoms with Crippen LogP contribution in [0.4, 0.5) is 5.69 Å². The molecule has 0 aromatic heterocycles. The fraction of sp³-hybridized carbons (Fsp3) is 0.238. The van der Waals surface area contributed by atoms with Crippen molar-refractivity contribution in [3.05, 3.63) is 64.7 Å². The van der Waals surface area contributed by atoms with Crippen LogP contribution in [0.1, 0.15) is 18.1 Å². The number of nitrogens with zero attached hydrogens (tertiary/aromatic N) is 2. The number of imide groups is 1. The molecule has 29 heavy (non-hydrogen) atoms. The van der Waals surface area contributed by atoms with E-state index in [4.69, 9.17) is 16.3 Å². The van der Waals surface area contributed by atoms with Crippen molar-refractivity contribution in [1.29, 1.82) is 0 Å². The summed E-state index contributed by atoms with van der Waals surface area (Å²) in [5.41, 5.74) is 3.10. The quantitative estimate of drug-likeness (QED) is 0.617. The first-order chi connectivity index (χ1) is 13.9. The Balaban J connectivity index is 1.86.